The number of nitrogens with one attached hydrogen (secondary N) is 2. The first kappa shape index (κ1) is 15.1. The highest BCUT2D eigenvalue weighted by atomic mass is 16.3. The van der Waals surface area contributed by atoms with E-state index >= 15 is 0 Å². The lowest BCUT2D eigenvalue weighted by Crippen LogP contribution is -2.20. The Labute approximate surface area is 144 Å². The van der Waals surface area contributed by atoms with Crippen molar-refractivity contribution in [1.82, 2.24) is 0 Å². The zero-order chi connectivity index (χ0) is 17.4. The first-order valence-electron chi connectivity index (χ1n) is 8.00. The van der Waals surface area contributed by atoms with E-state index in [1.807, 2.05) is 67.6 Å². The van der Waals surface area contributed by atoms with Gasteiger partial charge in [-0.05, 0) is 42.0 Å². The van der Waals surface area contributed by atoms with Gasteiger partial charge < -0.3 is 9.73 Å². The Morgan fingerprint density at radius 3 is 2.52 bits per heavy atom. The number of hydrogen-bond acceptors (Lipinski definition) is 3. The van der Waals surface area contributed by atoms with Crippen LogP contribution in [0.4, 0.5) is 5.69 Å². The Morgan fingerprint density at radius 1 is 0.960 bits per heavy atom. The second kappa shape index (κ2) is 5.91. The van der Waals surface area contributed by atoms with Gasteiger partial charge in [0.1, 0.15) is 11.1 Å². The maximum Gasteiger partial charge on any atom is 0.261 e. The molecule has 0 saturated carbocycles. The molecular formula is C21H16N2O2. The van der Waals surface area contributed by atoms with Crippen molar-refractivity contribution in [2.24, 2.45) is 0 Å². The molecule has 0 unspecified atom stereocenters. The average molecular weight is 328 g/mol. The summed E-state index contributed by atoms with van der Waals surface area (Å²) in [6.07, 6.45) is 0. The summed E-state index contributed by atoms with van der Waals surface area (Å²) in [5.41, 5.74) is 2.46. The van der Waals surface area contributed by atoms with Gasteiger partial charge >= 0.3 is 0 Å². The number of benzene rings is 3. The third-order valence-corrected chi connectivity index (χ3v) is 4.23. The van der Waals surface area contributed by atoms with Gasteiger partial charge in [0.05, 0.1) is 0 Å². The minimum absolute atomic E-state index is 0.146. The Bertz CT molecular complexity index is 1160. The van der Waals surface area contributed by atoms with Crippen LogP contribution in [0, 0.1) is 12.3 Å². The van der Waals surface area contributed by atoms with Gasteiger partial charge in [-0.2, -0.15) is 0 Å². The second-order valence-corrected chi connectivity index (χ2v) is 6.01. The number of hydrogen-bond donors (Lipinski definition) is 2. The summed E-state index contributed by atoms with van der Waals surface area (Å²) in [5.74, 6) is -0.354. The number of fused-ring (bicyclic) bond motifs is 3. The molecule has 1 heterocycles. The topological polar surface area (TPSA) is 66.1 Å². The summed E-state index contributed by atoms with van der Waals surface area (Å²) >= 11 is 0. The van der Waals surface area contributed by atoms with E-state index in [1.54, 1.807) is 6.07 Å². The molecule has 25 heavy (non-hydrogen) atoms. The fraction of sp³-hybridized carbons (Fsp3) is 0.0476. The summed E-state index contributed by atoms with van der Waals surface area (Å²) in [6.45, 7) is 1.99. The maximum absolute atomic E-state index is 12.6. The van der Waals surface area contributed by atoms with Gasteiger partial charge in [-0.25, -0.2) is 0 Å². The van der Waals surface area contributed by atoms with Crippen LogP contribution in [0.2, 0.25) is 0 Å². The van der Waals surface area contributed by atoms with E-state index in [0.717, 1.165) is 21.7 Å². The predicted molar refractivity (Wildman–Crippen MR) is 98.7 cm³/mol. The molecule has 0 radical (unpaired) electrons. The van der Waals surface area contributed by atoms with Crippen LogP contribution in [0.15, 0.2) is 71.1 Å². The van der Waals surface area contributed by atoms with Crippen molar-refractivity contribution >= 4 is 33.3 Å². The summed E-state index contributed by atoms with van der Waals surface area (Å²) in [4.78, 5) is 12.6. The van der Waals surface area contributed by atoms with Crippen molar-refractivity contribution in [2.75, 3.05) is 5.32 Å². The Hall–Kier alpha value is -3.40. The molecule has 0 aliphatic carbocycles. The van der Waals surface area contributed by atoms with Crippen LogP contribution in [0.1, 0.15) is 15.9 Å². The SMILES string of the molecule is Cc1ccc(NC(=O)c2cc3c(ccc4ccccc43)oc2=N)cc1. The van der Waals surface area contributed by atoms with E-state index in [4.69, 9.17) is 9.83 Å². The molecule has 0 aliphatic rings. The summed E-state index contributed by atoms with van der Waals surface area (Å²) in [5, 5.41) is 13.8. The van der Waals surface area contributed by atoms with Crippen molar-refractivity contribution in [3.05, 3.63) is 83.4 Å². The molecule has 0 atom stereocenters. The molecule has 3 aromatic carbocycles. The molecule has 2 N–H and O–H groups in total. The van der Waals surface area contributed by atoms with Gasteiger partial charge in [0.2, 0.25) is 5.55 Å². The number of carbonyl (C=O) groups is 1. The molecule has 122 valence electrons. The molecule has 4 rings (SSSR count). The minimum Gasteiger partial charge on any atom is -0.438 e. The van der Waals surface area contributed by atoms with Crippen molar-refractivity contribution in [2.45, 2.75) is 6.92 Å². The molecule has 4 aromatic rings. The monoisotopic (exact) mass is 328 g/mol. The van der Waals surface area contributed by atoms with E-state index in [2.05, 4.69) is 5.32 Å². The van der Waals surface area contributed by atoms with Gasteiger partial charge in [-0.15, -0.1) is 0 Å². The number of carbonyl (C=O) groups excluding carboxylic acids is 1. The lowest BCUT2D eigenvalue weighted by molar-refractivity contribution is 0.102. The van der Waals surface area contributed by atoms with Crippen LogP contribution in [0.5, 0.6) is 0 Å². The summed E-state index contributed by atoms with van der Waals surface area (Å²) in [7, 11) is 0. The van der Waals surface area contributed by atoms with Gasteiger partial charge in [0, 0.05) is 11.1 Å². The predicted octanol–water partition coefficient (Wildman–Crippen LogP) is 4.63. The second-order valence-electron chi connectivity index (χ2n) is 6.01. The fourth-order valence-electron chi connectivity index (χ4n) is 2.89. The lowest BCUT2D eigenvalue weighted by atomic mass is 10.0. The molecule has 0 spiro atoms. The van der Waals surface area contributed by atoms with Gasteiger partial charge in [0.15, 0.2) is 0 Å². The lowest BCUT2D eigenvalue weighted by Gasteiger charge is -2.08. The average Bonchev–Trinajstić information content (AvgIpc) is 2.62. The molecule has 4 heteroatoms. The van der Waals surface area contributed by atoms with Crippen molar-refractivity contribution in [3.8, 4) is 0 Å². The number of rotatable bonds is 2. The highest BCUT2D eigenvalue weighted by molar-refractivity contribution is 6.10. The van der Waals surface area contributed by atoms with E-state index < -0.39 is 0 Å². The Morgan fingerprint density at radius 2 is 1.72 bits per heavy atom. The zero-order valence-electron chi connectivity index (χ0n) is 13.7. The van der Waals surface area contributed by atoms with Crippen LogP contribution in [0.3, 0.4) is 0 Å². The Kier molecular flexibility index (Phi) is 3.58. The first-order valence-corrected chi connectivity index (χ1v) is 8.00. The van der Waals surface area contributed by atoms with Crippen LogP contribution in [-0.2, 0) is 0 Å². The van der Waals surface area contributed by atoms with Crippen molar-refractivity contribution in [1.29, 1.82) is 5.41 Å². The third kappa shape index (κ3) is 2.78. The van der Waals surface area contributed by atoms with Crippen LogP contribution >= 0.6 is 0 Å². The standard InChI is InChI=1S/C21H16N2O2/c1-13-6-9-15(10-7-13)23-21(24)18-12-17-16-5-3-2-4-14(16)8-11-19(17)25-20(18)22/h2-12,22H,1H3,(H,23,24). The molecule has 0 fully saturated rings. The number of aryl methyl sites for hydroxylation is 1. The number of anilines is 1. The van der Waals surface area contributed by atoms with Crippen molar-refractivity contribution in [3.63, 3.8) is 0 Å². The minimum atomic E-state index is -0.354. The van der Waals surface area contributed by atoms with Crippen LogP contribution in [0.25, 0.3) is 21.7 Å². The van der Waals surface area contributed by atoms with Crippen LogP contribution in [-0.4, -0.2) is 5.91 Å². The van der Waals surface area contributed by atoms with E-state index in [9.17, 15) is 4.79 Å². The van der Waals surface area contributed by atoms with Gasteiger partial charge in [-0.1, -0.05) is 48.0 Å². The van der Waals surface area contributed by atoms with E-state index in [0.29, 0.717) is 11.3 Å². The van der Waals surface area contributed by atoms with E-state index in [1.165, 1.54) is 0 Å². The maximum atomic E-state index is 12.6. The van der Waals surface area contributed by atoms with Gasteiger partial charge in [0.25, 0.3) is 5.91 Å². The normalized spacial score (nSPS) is 10.9. The van der Waals surface area contributed by atoms with Crippen LogP contribution < -0.4 is 10.9 Å². The summed E-state index contributed by atoms with van der Waals surface area (Å²) < 4.78 is 5.58. The molecule has 1 amide bonds. The number of amides is 1. The smallest absolute Gasteiger partial charge is 0.261 e. The third-order valence-electron chi connectivity index (χ3n) is 4.23. The van der Waals surface area contributed by atoms with Crippen molar-refractivity contribution < 1.29 is 9.21 Å². The Balaban J connectivity index is 1.82. The molecule has 0 bridgehead atoms. The molecule has 1 aromatic heterocycles. The largest absolute Gasteiger partial charge is 0.438 e. The molecule has 0 saturated heterocycles. The van der Waals surface area contributed by atoms with Gasteiger partial charge in [-0.3, -0.25) is 10.2 Å². The highest BCUT2D eigenvalue weighted by Crippen LogP contribution is 2.25. The fourth-order valence-corrected chi connectivity index (χ4v) is 2.89. The first-order chi connectivity index (χ1) is 12.1. The summed E-state index contributed by atoms with van der Waals surface area (Å²) in [6, 6.07) is 20.9. The highest BCUT2D eigenvalue weighted by Gasteiger charge is 2.13. The van der Waals surface area contributed by atoms with E-state index in [-0.39, 0.29) is 17.0 Å². The molecular weight excluding hydrogens is 312 g/mol. The zero-order valence-corrected chi connectivity index (χ0v) is 13.7. The quantitative estimate of drug-likeness (QED) is 0.527. The molecule has 4 nitrogen and oxygen atoms in total. The molecule has 0 aliphatic heterocycles.